The van der Waals surface area contributed by atoms with Crippen molar-refractivity contribution in [1.29, 1.82) is 0 Å². The molecule has 4 amide bonds. The van der Waals surface area contributed by atoms with Crippen molar-refractivity contribution >= 4 is 35.4 Å². The third kappa shape index (κ3) is 30.0. The first-order chi connectivity index (χ1) is 23.1. The fraction of sp³-hybridized carbons (Fsp3) is 0.769. The molecule has 17 N–H and O–H groups in total. The Morgan fingerprint density at radius 1 is 0.517 bits per heavy atom. The Bertz CT molecular complexity index is 1090. The molecule has 8 unspecified atom stereocenters. The molecule has 4 aliphatic rings. The predicted molar refractivity (Wildman–Crippen MR) is 157 cm³/mol. The Balaban J connectivity index is -0.0000000716. The number of ketones is 1. The fourth-order valence-electron chi connectivity index (χ4n) is 3.93. The molecule has 4 aliphatic heterocycles. The van der Waals surface area contributed by atoms with Crippen molar-refractivity contribution < 1.29 is 452 Å². The first-order valence-electron chi connectivity index (χ1n) is 14.6. The number of aliphatic hydroxyl groups is 13. The van der Waals surface area contributed by atoms with E-state index < -0.39 is 115 Å². The van der Waals surface area contributed by atoms with E-state index >= 15 is 0 Å². The SMILES string of the molecule is CC1NC(=O)[C@H](O)[C@@H]1O.CC1NC(=O)[C@H](O)[C@@H]1O.COC(=O)[C@H](O)[C@H](O)C(=O)CO.O=C1NC(CO)C(O)C1O.O=C1NC(CO)C(O)C1O.[Ac].[Ac].[Ac].[Ac].[Ac].[Ac].[Ac].[Ac]. The quantitative estimate of drug-likeness (QED) is 0.110. The molecule has 8 radical (unpaired) electrons. The van der Waals surface area contributed by atoms with E-state index in [9.17, 15) is 28.8 Å². The van der Waals surface area contributed by atoms with E-state index in [2.05, 4.69) is 26.0 Å². The van der Waals surface area contributed by atoms with Crippen molar-refractivity contribution in [2.75, 3.05) is 26.9 Å². The largest absolute Gasteiger partial charge is 0.467 e. The molecule has 58 heavy (non-hydrogen) atoms. The predicted octanol–water partition coefficient (Wildman–Crippen LogP) is -11.7. The molecule has 0 bridgehead atoms. The van der Waals surface area contributed by atoms with E-state index in [0.717, 1.165) is 7.11 Å². The van der Waals surface area contributed by atoms with Crippen molar-refractivity contribution in [2.45, 2.75) is 99.1 Å². The minimum absolute atomic E-state index is 0. The van der Waals surface area contributed by atoms with Crippen molar-refractivity contribution in [2.24, 2.45) is 0 Å². The van der Waals surface area contributed by atoms with Gasteiger partial charge in [0.15, 0.2) is 42.4 Å². The second-order valence-corrected chi connectivity index (χ2v) is 11.0. The third-order valence-corrected chi connectivity index (χ3v) is 7.23. The molecule has 4 fully saturated rings. The fourth-order valence-corrected chi connectivity index (χ4v) is 3.93. The Hall–Kier alpha value is 8.03. The second kappa shape index (κ2) is 46.1. The number of rotatable bonds is 6. The van der Waals surface area contributed by atoms with Gasteiger partial charge in [0, 0.05) is 352 Å². The number of Topliss-reactive ketones (excluding diaryl/α,β-unsaturated/α-hetero) is 1. The molecular formula is C26H46Ac8N4O20. The van der Waals surface area contributed by atoms with Crippen LogP contribution >= 0.6 is 0 Å². The van der Waals surface area contributed by atoms with E-state index in [1.807, 2.05) is 0 Å². The summed E-state index contributed by atoms with van der Waals surface area (Å²) in [4.78, 5) is 63.0. The molecule has 0 aromatic carbocycles. The standard InChI is InChI=1S/C6H10O6.2C5H9NO4.2C5H9NO3.8Ac/c1-12-6(11)5(10)4(9)3(8)2-7;2*7-1-2-3(8)4(9)5(10)6-2;2*1-2-3(7)4(8)5(9)6-2;;;;;;;;/h4-5,7,9-10H,2H2,1H3;2*2-4,7-9H,1H2,(H,6,10);2*2-4,7-8H,1H3,(H,6,9);;;;;;;;/t4-,5-;;;2*2?,3-,4-;;;;;;;;/m1..11......../s1. The summed E-state index contributed by atoms with van der Waals surface area (Å²) in [5.41, 5.74) is 0. The molecule has 0 aromatic rings. The molecule has 314 valence electrons. The summed E-state index contributed by atoms with van der Waals surface area (Å²) < 4.78 is 4.04. The second-order valence-electron chi connectivity index (χ2n) is 11.0. The van der Waals surface area contributed by atoms with Crippen LogP contribution in [0.25, 0.3) is 0 Å². The Kier molecular flexibility index (Phi) is 68.3. The summed E-state index contributed by atoms with van der Waals surface area (Å²) >= 11 is 0. The average molecular weight is 2550 g/mol. The number of carbonyl (C=O) groups excluding carboxylic acids is 6. The van der Waals surface area contributed by atoms with E-state index in [1.165, 1.54) is 0 Å². The van der Waals surface area contributed by atoms with Gasteiger partial charge < -0.3 is 92.4 Å². The van der Waals surface area contributed by atoms with Crippen molar-refractivity contribution in [3.05, 3.63) is 0 Å². The first kappa shape index (κ1) is 85.9. The van der Waals surface area contributed by atoms with Crippen molar-refractivity contribution in [1.82, 2.24) is 21.3 Å². The van der Waals surface area contributed by atoms with Crippen molar-refractivity contribution in [3.63, 3.8) is 0 Å². The van der Waals surface area contributed by atoms with Crippen molar-refractivity contribution in [3.8, 4) is 0 Å². The van der Waals surface area contributed by atoms with Gasteiger partial charge in [0.2, 0.25) is 0 Å². The zero-order valence-corrected chi connectivity index (χ0v) is 69.5. The maximum absolute atomic E-state index is 10.5. The van der Waals surface area contributed by atoms with E-state index in [-0.39, 0.29) is 378 Å². The molecule has 0 spiro atoms. The molecule has 14 atom stereocenters. The molecule has 4 rings (SSSR count). The Morgan fingerprint density at radius 2 is 0.776 bits per heavy atom. The van der Waals surface area contributed by atoms with Gasteiger partial charge in [-0.3, -0.25) is 24.0 Å². The smallest absolute Gasteiger partial charge is 0.337 e. The van der Waals surface area contributed by atoms with Gasteiger partial charge in [0.25, 0.3) is 23.6 Å². The topological polar surface area (TPSA) is 423 Å². The number of ether oxygens (including phenoxy) is 1. The number of aliphatic hydroxyl groups excluding tert-OH is 13. The van der Waals surface area contributed by atoms with Gasteiger partial charge in [0.1, 0.15) is 31.0 Å². The molecule has 0 aromatic heterocycles. The van der Waals surface area contributed by atoms with Crippen LogP contribution in [0.2, 0.25) is 0 Å². The van der Waals surface area contributed by atoms with Crippen LogP contribution in [-0.2, 0) is 33.5 Å². The van der Waals surface area contributed by atoms with Gasteiger partial charge in [-0.2, -0.15) is 0 Å². The zero-order valence-electron chi connectivity index (χ0n) is 31.5. The number of esters is 1. The summed E-state index contributed by atoms with van der Waals surface area (Å²) in [5.74, 6) is -4.40. The number of hydrogen-bond donors (Lipinski definition) is 17. The summed E-state index contributed by atoms with van der Waals surface area (Å²) in [6.07, 6.45) is -13.4. The molecule has 24 nitrogen and oxygen atoms in total. The number of amides is 4. The molecule has 0 saturated carbocycles. The first-order valence-corrected chi connectivity index (χ1v) is 14.6. The van der Waals surface area contributed by atoms with Gasteiger partial charge in [-0.15, -0.1) is 0 Å². The van der Waals surface area contributed by atoms with Crippen LogP contribution < -0.4 is 21.3 Å². The maximum Gasteiger partial charge on any atom is 0.337 e. The zero-order chi connectivity index (χ0) is 39.2. The monoisotopic (exact) mass is 2550 g/mol. The van der Waals surface area contributed by atoms with Crippen LogP contribution in [0.4, 0.5) is 0 Å². The number of nitrogens with one attached hydrogen (secondary N) is 4. The minimum Gasteiger partial charge on any atom is -0.467 e. The van der Waals surface area contributed by atoms with Crippen LogP contribution in [0.3, 0.4) is 0 Å². The van der Waals surface area contributed by atoms with Gasteiger partial charge >= 0.3 is 5.97 Å². The van der Waals surface area contributed by atoms with Crippen LogP contribution in [0, 0.1) is 352 Å². The summed E-state index contributed by atoms with van der Waals surface area (Å²) in [6, 6.07) is -2.09. The van der Waals surface area contributed by atoms with Crippen LogP contribution in [0.15, 0.2) is 0 Å². The van der Waals surface area contributed by atoms with Crippen LogP contribution in [0.5, 0.6) is 0 Å². The summed E-state index contributed by atoms with van der Waals surface area (Å²) in [5, 5.41) is 123. The van der Waals surface area contributed by atoms with E-state index in [4.69, 9.17) is 66.4 Å². The third-order valence-electron chi connectivity index (χ3n) is 7.23. The van der Waals surface area contributed by atoms with Crippen LogP contribution in [-0.4, -0.2) is 214 Å². The molecule has 4 saturated heterocycles. The normalized spacial score (nSPS) is 30.2. The molecule has 32 heteroatoms. The summed E-state index contributed by atoms with van der Waals surface area (Å²) in [7, 11) is 1.00. The average Bonchev–Trinajstić information content (AvgIpc) is 3.68. The minimum atomic E-state index is -1.94. The van der Waals surface area contributed by atoms with Gasteiger partial charge in [-0.1, -0.05) is 0 Å². The number of hydrogen-bond acceptors (Lipinski definition) is 20. The maximum atomic E-state index is 10.5. The molecular weight excluding hydrogens is 2500 g/mol. The molecule has 4 heterocycles. The van der Waals surface area contributed by atoms with E-state index in [0.29, 0.717) is 0 Å². The van der Waals surface area contributed by atoms with Gasteiger partial charge in [0.05, 0.1) is 44.5 Å². The Labute approximate surface area is 619 Å². The van der Waals surface area contributed by atoms with Gasteiger partial charge in [-0.05, 0) is 13.8 Å². The van der Waals surface area contributed by atoms with Gasteiger partial charge in [-0.25, -0.2) is 4.79 Å². The molecule has 0 aliphatic carbocycles. The van der Waals surface area contributed by atoms with Crippen LogP contribution in [0.1, 0.15) is 13.8 Å². The number of methoxy groups -OCH3 is 1. The Morgan fingerprint density at radius 3 is 0.897 bits per heavy atom. The van der Waals surface area contributed by atoms with E-state index in [1.54, 1.807) is 13.8 Å². The summed E-state index contributed by atoms with van der Waals surface area (Å²) in [6.45, 7) is 1.63. The number of carbonyl (C=O) groups is 6.